The van der Waals surface area contributed by atoms with Gasteiger partial charge in [0.25, 0.3) is 0 Å². The molecule has 0 spiro atoms. The van der Waals surface area contributed by atoms with Crippen LogP contribution in [0.3, 0.4) is 0 Å². The Bertz CT molecular complexity index is 934. The van der Waals surface area contributed by atoms with Gasteiger partial charge in [0.05, 0.1) is 13.2 Å². The molecule has 0 heterocycles. The standard InChI is InChI=1S/C38H68NO8P/c1-3-5-7-9-11-13-15-16-17-18-19-20-21-23-25-27-29-31-38(42)45-34-36(40)35-47-48(43,44)46-33-32-39-37(41)30-28-26-24-22-14-12-10-8-6-4-2/h11,13,16-17,19-20,23,25,36,40H,3-10,12,14-15,18,21-22,24,26-35H2,1-2H3,(H,39,41)(H,43,44)/b13-11-,17-16-,20-19-,25-23-. The lowest BCUT2D eigenvalue weighted by Gasteiger charge is -2.15. The maximum Gasteiger partial charge on any atom is 0.472 e. The second-order valence-electron chi connectivity index (χ2n) is 12.2. The summed E-state index contributed by atoms with van der Waals surface area (Å²) in [7, 11) is -4.42. The number of carbonyl (C=O) groups excluding carboxylic acids is 2. The normalized spacial score (nSPS) is 14.0. The molecule has 48 heavy (non-hydrogen) atoms. The highest BCUT2D eigenvalue weighted by Gasteiger charge is 2.23. The smallest absolute Gasteiger partial charge is 0.463 e. The Balaban J connectivity index is 3.74. The Labute approximate surface area is 292 Å². The number of unbranched alkanes of at least 4 members (excludes halogenated alkanes) is 13. The number of hydrogen-bond acceptors (Lipinski definition) is 7. The third-order valence-electron chi connectivity index (χ3n) is 7.51. The van der Waals surface area contributed by atoms with Gasteiger partial charge >= 0.3 is 13.8 Å². The molecule has 2 unspecified atom stereocenters. The molecule has 0 aliphatic rings. The van der Waals surface area contributed by atoms with Crippen LogP contribution in [0.4, 0.5) is 0 Å². The Morgan fingerprint density at radius 2 is 1.15 bits per heavy atom. The number of ether oxygens (including phenoxy) is 1. The van der Waals surface area contributed by atoms with Gasteiger partial charge < -0.3 is 20.1 Å². The molecule has 0 saturated heterocycles. The van der Waals surface area contributed by atoms with Gasteiger partial charge in [0.1, 0.15) is 12.7 Å². The summed E-state index contributed by atoms with van der Waals surface area (Å²) < 4.78 is 26.7. The van der Waals surface area contributed by atoms with Crippen molar-refractivity contribution < 1.29 is 37.9 Å². The van der Waals surface area contributed by atoms with Crippen LogP contribution in [-0.4, -0.2) is 54.3 Å². The first kappa shape index (κ1) is 46.0. The van der Waals surface area contributed by atoms with E-state index in [0.717, 1.165) is 44.9 Å². The van der Waals surface area contributed by atoms with Gasteiger partial charge in [-0.1, -0.05) is 133 Å². The van der Waals surface area contributed by atoms with E-state index in [1.165, 1.54) is 70.6 Å². The predicted octanol–water partition coefficient (Wildman–Crippen LogP) is 9.60. The number of amides is 1. The summed E-state index contributed by atoms with van der Waals surface area (Å²) in [5.41, 5.74) is 0. The van der Waals surface area contributed by atoms with Crippen LogP contribution in [0.2, 0.25) is 0 Å². The van der Waals surface area contributed by atoms with Crippen molar-refractivity contribution in [1.29, 1.82) is 0 Å². The van der Waals surface area contributed by atoms with E-state index >= 15 is 0 Å². The Morgan fingerprint density at radius 3 is 1.73 bits per heavy atom. The van der Waals surface area contributed by atoms with Gasteiger partial charge in [-0.2, -0.15) is 0 Å². The summed E-state index contributed by atoms with van der Waals surface area (Å²) >= 11 is 0. The van der Waals surface area contributed by atoms with Crippen molar-refractivity contribution in [3.05, 3.63) is 48.6 Å². The molecular weight excluding hydrogens is 629 g/mol. The lowest BCUT2D eigenvalue weighted by molar-refractivity contribution is -0.147. The van der Waals surface area contributed by atoms with Crippen LogP contribution in [0.15, 0.2) is 48.6 Å². The number of aliphatic hydroxyl groups is 1. The molecular formula is C38H68NO8P. The topological polar surface area (TPSA) is 131 Å². The highest BCUT2D eigenvalue weighted by atomic mass is 31.2. The van der Waals surface area contributed by atoms with Gasteiger partial charge in [-0.05, 0) is 51.4 Å². The minimum Gasteiger partial charge on any atom is -0.463 e. The first-order chi connectivity index (χ1) is 23.3. The molecule has 0 radical (unpaired) electrons. The summed E-state index contributed by atoms with van der Waals surface area (Å²) in [5.74, 6) is -0.579. The van der Waals surface area contributed by atoms with E-state index in [4.69, 9.17) is 13.8 Å². The van der Waals surface area contributed by atoms with E-state index in [1.807, 2.05) is 6.08 Å². The highest BCUT2D eigenvalue weighted by Crippen LogP contribution is 2.42. The van der Waals surface area contributed by atoms with Crippen molar-refractivity contribution in [1.82, 2.24) is 5.32 Å². The maximum absolute atomic E-state index is 12.0. The maximum atomic E-state index is 12.0. The molecule has 0 aromatic heterocycles. The summed E-state index contributed by atoms with van der Waals surface area (Å²) in [4.78, 5) is 33.7. The number of carbonyl (C=O) groups is 2. The second kappa shape index (κ2) is 34.8. The van der Waals surface area contributed by atoms with Gasteiger partial charge in [-0.25, -0.2) is 4.57 Å². The van der Waals surface area contributed by atoms with E-state index in [1.54, 1.807) is 0 Å². The summed E-state index contributed by atoms with van der Waals surface area (Å²) in [6.45, 7) is 3.43. The summed E-state index contributed by atoms with van der Waals surface area (Å²) in [6.07, 6.45) is 37.6. The highest BCUT2D eigenvalue weighted by molar-refractivity contribution is 7.47. The van der Waals surface area contributed by atoms with Crippen LogP contribution >= 0.6 is 7.82 Å². The van der Waals surface area contributed by atoms with E-state index < -0.39 is 26.5 Å². The van der Waals surface area contributed by atoms with Crippen molar-refractivity contribution in [3.8, 4) is 0 Å². The van der Waals surface area contributed by atoms with E-state index in [2.05, 4.69) is 61.7 Å². The van der Waals surface area contributed by atoms with Gasteiger partial charge in [0.2, 0.25) is 5.91 Å². The molecule has 0 aliphatic heterocycles. The second-order valence-corrected chi connectivity index (χ2v) is 13.7. The molecule has 0 bridgehead atoms. The molecule has 0 aromatic rings. The molecule has 0 aromatic carbocycles. The minimum atomic E-state index is -4.42. The lowest BCUT2D eigenvalue weighted by Crippen LogP contribution is -2.27. The van der Waals surface area contributed by atoms with E-state index in [0.29, 0.717) is 12.8 Å². The first-order valence-corrected chi connectivity index (χ1v) is 20.1. The zero-order chi connectivity index (χ0) is 35.4. The number of phosphoric acid groups is 1. The van der Waals surface area contributed by atoms with Crippen molar-refractivity contribution in [2.75, 3.05) is 26.4 Å². The van der Waals surface area contributed by atoms with Crippen molar-refractivity contribution in [3.63, 3.8) is 0 Å². The van der Waals surface area contributed by atoms with Crippen LogP contribution in [0.25, 0.3) is 0 Å². The van der Waals surface area contributed by atoms with Gasteiger partial charge in [-0.3, -0.25) is 18.6 Å². The fourth-order valence-corrected chi connectivity index (χ4v) is 5.42. The monoisotopic (exact) mass is 697 g/mol. The van der Waals surface area contributed by atoms with Crippen LogP contribution in [0.1, 0.15) is 149 Å². The molecule has 0 fully saturated rings. The van der Waals surface area contributed by atoms with E-state index in [9.17, 15) is 24.2 Å². The predicted molar refractivity (Wildman–Crippen MR) is 197 cm³/mol. The minimum absolute atomic E-state index is 0.0751. The average molecular weight is 698 g/mol. The molecule has 278 valence electrons. The number of esters is 1. The Hall–Kier alpha value is -2.03. The fraction of sp³-hybridized carbons (Fsp3) is 0.737. The van der Waals surface area contributed by atoms with Gasteiger partial charge in [0.15, 0.2) is 0 Å². The summed E-state index contributed by atoms with van der Waals surface area (Å²) in [5, 5.41) is 12.6. The SMILES string of the molecule is CCCCC/C=C\C/C=C\C/C=C\C/C=C\CCCC(=O)OCC(O)COP(=O)(O)OCCNC(=O)CCCCCCCCCCCC. The number of phosphoric ester groups is 1. The Kier molecular flexibility index (Phi) is 33.3. The molecule has 2 atom stereocenters. The van der Waals surface area contributed by atoms with Crippen molar-refractivity contribution >= 4 is 19.7 Å². The number of allylic oxidation sites excluding steroid dienone is 8. The third kappa shape index (κ3) is 35.3. The van der Waals surface area contributed by atoms with Gasteiger partial charge in [-0.15, -0.1) is 0 Å². The molecule has 0 saturated carbocycles. The molecule has 10 heteroatoms. The van der Waals surface area contributed by atoms with Crippen LogP contribution < -0.4 is 5.32 Å². The number of rotatable bonds is 34. The zero-order valence-electron chi connectivity index (χ0n) is 30.2. The lowest BCUT2D eigenvalue weighted by atomic mass is 10.1. The van der Waals surface area contributed by atoms with Crippen LogP contribution in [0, 0.1) is 0 Å². The van der Waals surface area contributed by atoms with Gasteiger partial charge in [0, 0.05) is 19.4 Å². The average Bonchev–Trinajstić information content (AvgIpc) is 3.07. The third-order valence-corrected chi connectivity index (χ3v) is 8.50. The quantitative estimate of drug-likeness (QED) is 0.0262. The first-order valence-electron chi connectivity index (χ1n) is 18.6. The zero-order valence-corrected chi connectivity index (χ0v) is 31.1. The van der Waals surface area contributed by atoms with Crippen molar-refractivity contribution in [2.24, 2.45) is 0 Å². The summed E-state index contributed by atoms with van der Waals surface area (Å²) in [6, 6.07) is 0. The fourth-order valence-electron chi connectivity index (χ4n) is 4.66. The largest absolute Gasteiger partial charge is 0.472 e. The number of hydrogen-bond donors (Lipinski definition) is 3. The molecule has 0 rings (SSSR count). The van der Waals surface area contributed by atoms with Crippen molar-refractivity contribution in [2.45, 2.75) is 155 Å². The van der Waals surface area contributed by atoms with E-state index in [-0.39, 0.29) is 32.1 Å². The molecule has 0 aliphatic carbocycles. The molecule has 9 nitrogen and oxygen atoms in total. The molecule has 1 amide bonds. The number of nitrogens with one attached hydrogen (secondary N) is 1. The van der Waals surface area contributed by atoms with Crippen LogP contribution in [-0.2, 0) is 27.9 Å². The number of aliphatic hydroxyl groups excluding tert-OH is 1. The molecule has 3 N–H and O–H groups in total. The Morgan fingerprint density at radius 1 is 0.646 bits per heavy atom. The van der Waals surface area contributed by atoms with Crippen LogP contribution in [0.5, 0.6) is 0 Å².